The van der Waals surface area contributed by atoms with E-state index in [1.165, 1.54) is 7.11 Å². The van der Waals surface area contributed by atoms with Gasteiger partial charge in [-0.2, -0.15) is 0 Å². The van der Waals surface area contributed by atoms with Crippen LogP contribution in [0.3, 0.4) is 0 Å². The number of carbonyl (C=O) groups excluding carboxylic acids is 3. The van der Waals surface area contributed by atoms with Crippen molar-refractivity contribution in [3.8, 4) is 11.5 Å². The van der Waals surface area contributed by atoms with Gasteiger partial charge in [-0.15, -0.1) is 0 Å². The number of thioether (sulfide) groups is 1. The fourth-order valence-corrected chi connectivity index (χ4v) is 4.51. The van der Waals surface area contributed by atoms with Gasteiger partial charge in [0.1, 0.15) is 18.1 Å². The van der Waals surface area contributed by atoms with Crippen LogP contribution in [-0.2, 0) is 25.5 Å². The highest BCUT2D eigenvalue weighted by atomic mass is 35.5. The third-order valence-electron chi connectivity index (χ3n) is 4.82. The smallest absolute Gasteiger partial charge is 0.306 e. The lowest BCUT2D eigenvalue weighted by atomic mass is 10.1. The van der Waals surface area contributed by atoms with Crippen LogP contribution in [0.4, 0.5) is 0 Å². The zero-order valence-electron chi connectivity index (χ0n) is 17.3. The lowest BCUT2D eigenvalue weighted by Gasteiger charge is -2.21. The van der Waals surface area contributed by atoms with Gasteiger partial charge in [0.25, 0.3) is 0 Å². The Labute approximate surface area is 190 Å². The fourth-order valence-electron chi connectivity index (χ4n) is 3.15. The van der Waals surface area contributed by atoms with Gasteiger partial charge in [0, 0.05) is 12.0 Å². The zero-order chi connectivity index (χ0) is 22.4. The van der Waals surface area contributed by atoms with E-state index in [4.69, 9.17) is 25.8 Å². The monoisotopic (exact) mass is 462 g/mol. The minimum Gasteiger partial charge on any atom is -0.495 e. The van der Waals surface area contributed by atoms with Gasteiger partial charge in [-0.1, -0.05) is 54.6 Å². The Balaban J connectivity index is 1.68. The second-order valence-corrected chi connectivity index (χ2v) is 8.61. The van der Waals surface area contributed by atoms with Crippen LogP contribution in [-0.4, -0.2) is 35.8 Å². The van der Waals surface area contributed by atoms with E-state index in [1.807, 2.05) is 12.1 Å². The fraction of sp³-hybridized carbons (Fsp3) is 0.348. The number of methoxy groups -OCH3 is 1. The van der Waals surface area contributed by atoms with Gasteiger partial charge >= 0.3 is 5.97 Å². The molecule has 31 heavy (non-hydrogen) atoms. The van der Waals surface area contributed by atoms with Crippen LogP contribution in [0.1, 0.15) is 37.0 Å². The predicted octanol–water partition coefficient (Wildman–Crippen LogP) is 4.57. The Hall–Kier alpha value is -2.51. The second kappa shape index (κ2) is 10.7. The molecule has 0 aromatic heterocycles. The average molecular weight is 463 g/mol. The number of esters is 1. The first-order valence-electron chi connectivity index (χ1n) is 9.87. The lowest BCUT2D eigenvalue weighted by Crippen LogP contribution is -2.18. The summed E-state index contributed by atoms with van der Waals surface area (Å²) >= 11 is 7.52. The van der Waals surface area contributed by atoms with Crippen LogP contribution in [0.5, 0.6) is 11.5 Å². The van der Waals surface area contributed by atoms with E-state index < -0.39 is 6.10 Å². The summed E-state index contributed by atoms with van der Waals surface area (Å²) in [5.41, 5.74) is 1.54. The minimum atomic E-state index is -0.701. The van der Waals surface area contributed by atoms with Crippen molar-refractivity contribution in [2.75, 3.05) is 13.7 Å². The van der Waals surface area contributed by atoms with Gasteiger partial charge in [0.05, 0.1) is 23.8 Å². The molecule has 0 amide bonds. The molecule has 2 aromatic rings. The summed E-state index contributed by atoms with van der Waals surface area (Å²) in [7, 11) is 1.52. The van der Waals surface area contributed by atoms with Gasteiger partial charge in [-0.05, 0) is 30.2 Å². The maximum Gasteiger partial charge on any atom is 0.306 e. The minimum absolute atomic E-state index is 0.0151. The van der Waals surface area contributed by atoms with E-state index in [0.29, 0.717) is 28.5 Å². The highest BCUT2D eigenvalue weighted by molar-refractivity contribution is 8.15. The number of ether oxygens (including phenoxy) is 3. The van der Waals surface area contributed by atoms with Gasteiger partial charge in [0.15, 0.2) is 17.0 Å². The van der Waals surface area contributed by atoms with Crippen LogP contribution >= 0.6 is 23.4 Å². The highest BCUT2D eigenvalue weighted by Gasteiger charge is 2.31. The van der Waals surface area contributed by atoms with Crippen molar-refractivity contribution in [3.05, 3.63) is 58.6 Å². The standard InChI is InChI=1S/C23H23ClO6S/c1-3-21(26)30-19(16-5-4-6-18(28-2)23(16)24)13-29-15-9-7-14(8-10-15)11-20-17(25)12-22(27)31-20/h4-10,19-20H,3,11-13H2,1-2H3. The first-order valence-corrected chi connectivity index (χ1v) is 11.1. The molecule has 0 radical (unpaired) electrons. The third-order valence-corrected chi connectivity index (χ3v) is 6.35. The molecule has 1 aliphatic heterocycles. The highest BCUT2D eigenvalue weighted by Crippen LogP contribution is 2.34. The van der Waals surface area contributed by atoms with Crippen molar-refractivity contribution in [1.82, 2.24) is 0 Å². The Morgan fingerprint density at radius 2 is 1.94 bits per heavy atom. The number of Topliss-reactive ketones (excluding diaryl/α,β-unsaturated/α-hetero) is 1. The molecule has 0 spiro atoms. The maximum atomic E-state index is 11.9. The molecule has 0 N–H and O–H groups in total. The third kappa shape index (κ3) is 6.02. The summed E-state index contributed by atoms with van der Waals surface area (Å²) < 4.78 is 16.7. The van der Waals surface area contributed by atoms with Gasteiger partial charge < -0.3 is 14.2 Å². The SMILES string of the molecule is CCC(=O)OC(COc1ccc(CC2SC(=O)CC2=O)cc1)c1cccc(OC)c1Cl. The number of hydrogen-bond donors (Lipinski definition) is 0. The summed E-state index contributed by atoms with van der Waals surface area (Å²) in [6.45, 7) is 1.79. The molecular formula is C23H23ClO6S. The molecule has 3 rings (SSSR count). The van der Waals surface area contributed by atoms with Crippen LogP contribution in [0.25, 0.3) is 0 Å². The van der Waals surface area contributed by atoms with Crippen LogP contribution in [0, 0.1) is 0 Å². The predicted molar refractivity (Wildman–Crippen MR) is 119 cm³/mol. The summed E-state index contributed by atoms with van der Waals surface area (Å²) in [6, 6.07) is 12.6. The first kappa shape index (κ1) is 23.2. The summed E-state index contributed by atoms with van der Waals surface area (Å²) in [6.07, 6.45) is 0.0494. The van der Waals surface area contributed by atoms with E-state index in [-0.39, 0.29) is 41.6 Å². The summed E-state index contributed by atoms with van der Waals surface area (Å²) in [5.74, 6) is 0.683. The first-order chi connectivity index (χ1) is 14.9. The van der Waals surface area contributed by atoms with Crippen LogP contribution < -0.4 is 9.47 Å². The molecular weight excluding hydrogens is 440 g/mol. The van der Waals surface area contributed by atoms with Gasteiger partial charge in [-0.25, -0.2) is 0 Å². The van der Waals surface area contributed by atoms with Crippen LogP contribution in [0.2, 0.25) is 5.02 Å². The number of hydrogen-bond acceptors (Lipinski definition) is 7. The Morgan fingerprint density at radius 1 is 1.19 bits per heavy atom. The molecule has 2 atom stereocenters. The molecule has 1 heterocycles. The second-order valence-electron chi connectivity index (χ2n) is 6.98. The van der Waals surface area contributed by atoms with E-state index in [2.05, 4.69) is 0 Å². The molecule has 1 aliphatic rings. The van der Waals surface area contributed by atoms with Gasteiger partial charge in [-0.3, -0.25) is 14.4 Å². The van der Waals surface area contributed by atoms with Crippen molar-refractivity contribution >= 4 is 40.2 Å². The molecule has 164 valence electrons. The number of carbonyl (C=O) groups is 3. The van der Waals surface area contributed by atoms with E-state index in [0.717, 1.165) is 17.3 Å². The molecule has 1 fully saturated rings. The normalized spacial score (nSPS) is 16.8. The van der Waals surface area contributed by atoms with E-state index in [9.17, 15) is 14.4 Å². The Bertz CT molecular complexity index is 959. The number of ketones is 1. The van der Waals surface area contributed by atoms with Crippen molar-refractivity contribution in [2.45, 2.75) is 37.5 Å². The molecule has 6 nitrogen and oxygen atoms in total. The molecule has 2 aromatic carbocycles. The number of halogens is 1. The van der Waals surface area contributed by atoms with Crippen molar-refractivity contribution in [1.29, 1.82) is 0 Å². The molecule has 0 bridgehead atoms. The number of rotatable bonds is 9. The largest absolute Gasteiger partial charge is 0.495 e. The van der Waals surface area contributed by atoms with E-state index >= 15 is 0 Å². The maximum absolute atomic E-state index is 11.9. The van der Waals surface area contributed by atoms with Crippen molar-refractivity contribution < 1.29 is 28.6 Å². The molecule has 8 heteroatoms. The molecule has 0 saturated carbocycles. The lowest BCUT2D eigenvalue weighted by molar-refractivity contribution is -0.150. The summed E-state index contributed by atoms with van der Waals surface area (Å²) in [5, 5.41) is -0.0164. The van der Waals surface area contributed by atoms with Gasteiger partial charge in [0.2, 0.25) is 0 Å². The molecule has 1 saturated heterocycles. The topological polar surface area (TPSA) is 78.9 Å². The molecule has 2 unspecified atom stereocenters. The summed E-state index contributed by atoms with van der Waals surface area (Å²) in [4.78, 5) is 35.2. The van der Waals surface area contributed by atoms with Crippen molar-refractivity contribution in [3.63, 3.8) is 0 Å². The van der Waals surface area contributed by atoms with E-state index in [1.54, 1.807) is 37.3 Å². The Kier molecular flexibility index (Phi) is 7.98. The van der Waals surface area contributed by atoms with Crippen molar-refractivity contribution in [2.24, 2.45) is 0 Å². The van der Waals surface area contributed by atoms with Crippen LogP contribution in [0.15, 0.2) is 42.5 Å². The average Bonchev–Trinajstić information content (AvgIpc) is 3.08. The zero-order valence-corrected chi connectivity index (χ0v) is 18.8. The quantitative estimate of drug-likeness (QED) is 0.399. The number of benzene rings is 2. The Morgan fingerprint density at radius 3 is 2.55 bits per heavy atom. The molecule has 0 aliphatic carbocycles.